The minimum Gasteiger partial charge on any atom is -0.457 e. The summed E-state index contributed by atoms with van der Waals surface area (Å²) in [4.78, 5) is 24.5. The largest absolute Gasteiger partial charge is 0.457 e. The van der Waals surface area contributed by atoms with Gasteiger partial charge in [-0.05, 0) is 62.2 Å². The van der Waals surface area contributed by atoms with Crippen LogP contribution >= 0.6 is 31.9 Å². The molecule has 0 aliphatic carbocycles. The Balaban J connectivity index is 1.72. The first-order chi connectivity index (χ1) is 12.0. The van der Waals surface area contributed by atoms with Gasteiger partial charge in [-0.15, -0.1) is 0 Å². The van der Waals surface area contributed by atoms with Gasteiger partial charge in [0.2, 0.25) is 0 Å². The summed E-state index contributed by atoms with van der Waals surface area (Å²) in [5.41, 5.74) is 2.06. The Kier molecular flexibility index (Phi) is 5.35. The van der Waals surface area contributed by atoms with Gasteiger partial charge in [0.1, 0.15) is 6.26 Å². The predicted molar refractivity (Wildman–Crippen MR) is 103 cm³/mol. The Morgan fingerprint density at radius 1 is 0.840 bits per heavy atom. The number of halogens is 2. The molecule has 2 aromatic carbocycles. The van der Waals surface area contributed by atoms with Crippen LogP contribution in [-0.4, -0.2) is 11.8 Å². The van der Waals surface area contributed by atoms with Crippen LogP contribution in [0.4, 0.5) is 11.4 Å². The van der Waals surface area contributed by atoms with Gasteiger partial charge in [0, 0.05) is 21.9 Å². The number of hydrogen-bond donors (Lipinski definition) is 2. The van der Waals surface area contributed by atoms with Crippen molar-refractivity contribution in [3.05, 3.63) is 81.1 Å². The predicted octanol–water partition coefficient (Wildman–Crippen LogP) is 5.31. The summed E-state index contributed by atoms with van der Waals surface area (Å²) in [6, 6.07) is 15.6. The summed E-state index contributed by atoms with van der Waals surface area (Å²) in [7, 11) is 0. The van der Waals surface area contributed by atoms with E-state index in [2.05, 4.69) is 42.5 Å². The van der Waals surface area contributed by atoms with E-state index in [4.69, 9.17) is 4.42 Å². The monoisotopic (exact) mass is 462 g/mol. The Labute approximate surface area is 160 Å². The first kappa shape index (κ1) is 17.4. The fourth-order valence-corrected chi connectivity index (χ4v) is 2.96. The molecule has 5 nitrogen and oxygen atoms in total. The molecule has 3 aromatic rings. The molecule has 0 fully saturated rings. The minimum absolute atomic E-state index is 0.241. The van der Waals surface area contributed by atoms with Crippen molar-refractivity contribution in [3.63, 3.8) is 0 Å². The normalized spacial score (nSPS) is 10.3. The van der Waals surface area contributed by atoms with E-state index in [0.29, 0.717) is 31.6 Å². The van der Waals surface area contributed by atoms with E-state index < -0.39 is 0 Å². The van der Waals surface area contributed by atoms with Crippen molar-refractivity contribution >= 4 is 55.0 Å². The minimum atomic E-state index is -0.302. The third-order valence-corrected chi connectivity index (χ3v) is 4.43. The van der Waals surface area contributed by atoms with Crippen LogP contribution in [0.15, 0.2) is 74.4 Å². The molecule has 0 atom stereocenters. The van der Waals surface area contributed by atoms with Crippen molar-refractivity contribution in [3.8, 4) is 0 Å². The molecule has 7 heteroatoms. The van der Waals surface area contributed by atoms with Gasteiger partial charge in [0.05, 0.1) is 11.1 Å². The second kappa shape index (κ2) is 7.67. The number of carbonyl (C=O) groups excluding carboxylic acids is 2. The topological polar surface area (TPSA) is 71.3 Å². The summed E-state index contributed by atoms with van der Waals surface area (Å²) in [5.74, 6) is -0.543. The zero-order valence-corrected chi connectivity index (χ0v) is 15.9. The fourth-order valence-electron chi connectivity index (χ4n) is 2.15. The molecule has 0 radical (unpaired) electrons. The lowest BCUT2D eigenvalue weighted by molar-refractivity contribution is 0.101. The lowest BCUT2D eigenvalue weighted by Gasteiger charge is -2.09. The van der Waals surface area contributed by atoms with Gasteiger partial charge in [0.15, 0.2) is 4.67 Å². The highest BCUT2D eigenvalue weighted by atomic mass is 79.9. The second-order valence-electron chi connectivity index (χ2n) is 5.11. The Morgan fingerprint density at radius 3 is 2.16 bits per heavy atom. The molecule has 0 aliphatic heterocycles. The fraction of sp³-hybridized carbons (Fsp3) is 0. The van der Waals surface area contributed by atoms with Crippen LogP contribution in [0.25, 0.3) is 0 Å². The van der Waals surface area contributed by atoms with Crippen LogP contribution in [0.2, 0.25) is 0 Å². The quantitative estimate of drug-likeness (QED) is 0.550. The number of anilines is 2. The molecule has 3 rings (SSSR count). The highest BCUT2D eigenvalue weighted by Crippen LogP contribution is 2.21. The van der Waals surface area contributed by atoms with Crippen LogP contribution in [0.5, 0.6) is 0 Å². The zero-order chi connectivity index (χ0) is 17.8. The van der Waals surface area contributed by atoms with Gasteiger partial charge in [-0.1, -0.05) is 18.2 Å². The summed E-state index contributed by atoms with van der Waals surface area (Å²) >= 11 is 6.51. The number of nitrogens with one attached hydrogen (secondary N) is 2. The van der Waals surface area contributed by atoms with Crippen molar-refractivity contribution in [2.75, 3.05) is 10.6 Å². The van der Waals surface area contributed by atoms with Crippen molar-refractivity contribution < 1.29 is 14.0 Å². The maximum absolute atomic E-state index is 12.3. The van der Waals surface area contributed by atoms with E-state index >= 15 is 0 Å². The van der Waals surface area contributed by atoms with Crippen LogP contribution in [0, 0.1) is 0 Å². The van der Waals surface area contributed by atoms with Gasteiger partial charge in [-0.3, -0.25) is 9.59 Å². The molecule has 0 saturated heterocycles. The van der Waals surface area contributed by atoms with Gasteiger partial charge >= 0.3 is 0 Å². The molecule has 0 unspecified atom stereocenters. The highest BCUT2D eigenvalue weighted by molar-refractivity contribution is 9.10. The number of rotatable bonds is 4. The molecular weight excluding hydrogens is 452 g/mol. The summed E-state index contributed by atoms with van der Waals surface area (Å²) in [6.07, 6.45) is 1.36. The van der Waals surface area contributed by atoms with Crippen LogP contribution < -0.4 is 10.6 Å². The molecule has 25 heavy (non-hydrogen) atoms. The maximum atomic E-state index is 12.3. The molecule has 0 bridgehead atoms. The van der Waals surface area contributed by atoms with Gasteiger partial charge in [-0.2, -0.15) is 0 Å². The summed E-state index contributed by atoms with van der Waals surface area (Å²) in [5, 5.41) is 5.57. The first-order valence-electron chi connectivity index (χ1n) is 7.24. The molecule has 0 saturated carbocycles. The van der Waals surface area contributed by atoms with E-state index in [0.717, 1.165) is 0 Å². The molecule has 2 N–H and O–H groups in total. The number of benzene rings is 2. The third kappa shape index (κ3) is 4.37. The molecule has 2 amide bonds. The highest BCUT2D eigenvalue weighted by Gasteiger charge is 2.12. The Bertz CT molecular complexity index is 937. The summed E-state index contributed by atoms with van der Waals surface area (Å²) < 4.78 is 6.24. The van der Waals surface area contributed by atoms with E-state index in [1.165, 1.54) is 6.26 Å². The SMILES string of the molecule is O=C(Nc1cccc(NC(=O)c2ccccc2Br)c1)c1coc(Br)c1. The maximum Gasteiger partial charge on any atom is 0.258 e. The number of furan rings is 1. The molecular formula is C18H12Br2N2O3. The molecule has 0 spiro atoms. The first-order valence-corrected chi connectivity index (χ1v) is 8.83. The van der Waals surface area contributed by atoms with Crippen molar-refractivity contribution in [1.82, 2.24) is 0 Å². The number of amides is 2. The second-order valence-corrected chi connectivity index (χ2v) is 6.74. The van der Waals surface area contributed by atoms with Crippen LogP contribution in [0.1, 0.15) is 20.7 Å². The Morgan fingerprint density at radius 2 is 1.52 bits per heavy atom. The average molecular weight is 464 g/mol. The molecule has 1 heterocycles. The zero-order valence-electron chi connectivity index (χ0n) is 12.8. The van der Waals surface area contributed by atoms with Crippen molar-refractivity contribution in [2.45, 2.75) is 0 Å². The molecule has 1 aromatic heterocycles. The third-order valence-electron chi connectivity index (χ3n) is 3.33. The summed E-state index contributed by atoms with van der Waals surface area (Å²) in [6.45, 7) is 0. The number of carbonyl (C=O) groups is 2. The van der Waals surface area contributed by atoms with E-state index in [9.17, 15) is 9.59 Å². The van der Waals surface area contributed by atoms with Crippen molar-refractivity contribution in [1.29, 1.82) is 0 Å². The van der Waals surface area contributed by atoms with E-state index in [1.54, 1.807) is 48.5 Å². The molecule has 0 aliphatic rings. The van der Waals surface area contributed by atoms with E-state index in [1.807, 2.05) is 6.07 Å². The van der Waals surface area contributed by atoms with Gasteiger partial charge < -0.3 is 15.1 Å². The lowest BCUT2D eigenvalue weighted by Crippen LogP contribution is -2.14. The van der Waals surface area contributed by atoms with E-state index in [-0.39, 0.29) is 11.8 Å². The van der Waals surface area contributed by atoms with Gasteiger partial charge in [-0.25, -0.2) is 0 Å². The Hall–Kier alpha value is -2.38. The molecule has 126 valence electrons. The lowest BCUT2D eigenvalue weighted by atomic mass is 10.2. The van der Waals surface area contributed by atoms with Crippen LogP contribution in [-0.2, 0) is 0 Å². The average Bonchev–Trinajstić information content (AvgIpc) is 3.02. The van der Waals surface area contributed by atoms with Crippen molar-refractivity contribution in [2.24, 2.45) is 0 Å². The van der Waals surface area contributed by atoms with Gasteiger partial charge in [0.25, 0.3) is 11.8 Å². The number of hydrogen-bond acceptors (Lipinski definition) is 3. The van der Waals surface area contributed by atoms with Crippen LogP contribution in [0.3, 0.4) is 0 Å². The smallest absolute Gasteiger partial charge is 0.258 e. The standard InChI is InChI=1S/C18H12Br2N2O3/c19-15-7-2-1-6-14(15)18(24)22-13-5-3-4-12(9-13)21-17(23)11-8-16(20)25-10-11/h1-10H,(H,21,23)(H,22,24).